The van der Waals surface area contributed by atoms with Crippen LogP contribution in [0.15, 0.2) is 29.1 Å². The van der Waals surface area contributed by atoms with Gasteiger partial charge < -0.3 is 9.80 Å². The molecule has 0 saturated carbocycles. The summed E-state index contributed by atoms with van der Waals surface area (Å²) in [6.45, 7) is 4.14. The monoisotopic (exact) mass is 450 g/mol. The largest absolute Gasteiger partial charge is 0.336 e. The smallest absolute Gasteiger partial charge is 0.263 e. The molecule has 2 aliphatic rings. The number of fused-ring (bicyclic) bond motifs is 4. The number of aromatic nitrogens is 2. The van der Waals surface area contributed by atoms with Crippen molar-refractivity contribution in [2.24, 2.45) is 5.92 Å². The van der Waals surface area contributed by atoms with E-state index >= 15 is 0 Å². The Morgan fingerprint density at radius 1 is 1.22 bits per heavy atom. The van der Waals surface area contributed by atoms with Gasteiger partial charge in [-0.1, -0.05) is 31.2 Å². The first-order valence-corrected chi connectivity index (χ1v) is 12.3. The van der Waals surface area contributed by atoms with Crippen molar-refractivity contribution in [1.29, 1.82) is 0 Å². The number of amides is 1. The van der Waals surface area contributed by atoms with Gasteiger partial charge in [0.05, 0.1) is 11.9 Å². The number of rotatable bonds is 4. The number of hydrogen-bond acceptors (Lipinski definition) is 5. The maximum absolute atomic E-state index is 13.7. The minimum absolute atomic E-state index is 0.0134. The van der Waals surface area contributed by atoms with Crippen LogP contribution in [0.4, 0.5) is 0 Å². The molecule has 168 valence electrons. The molecule has 1 aromatic carbocycles. The van der Waals surface area contributed by atoms with Crippen LogP contribution in [0.1, 0.15) is 40.7 Å². The topological polar surface area (TPSA) is 58.4 Å². The van der Waals surface area contributed by atoms with Gasteiger partial charge in [0.1, 0.15) is 17.2 Å². The van der Waals surface area contributed by atoms with Gasteiger partial charge in [0.2, 0.25) is 5.91 Å². The second-order valence-electron chi connectivity index (χ2n) is 9.52. The lowest BCUT2D eigenvalue weighted by Crippen LogP contribution is -2.41. The highest BCUT2D eigenvalue weighted by atomic mass is 32.1. The molecule has 0 radical (unpaired) electrons. The Bertz CT molecular complexity index is 1240. The number of benzene rings is 1. The molecule has 6 nitrogen and oxygen atoms in total. The van der Waals surface area contributed by atoms with E-state index in [9.17, 15) is 9.59 Å². The van der Waals surface area contributed by atoms with E-state index in [4.69, 9.17) is 4.98 Å². The summed E-state index contributed by atoms with van der Waals surface area (Å²) in [4.78, 5) is 37.9. The minimum Gasteiger partial charge on any atom is -0.336 e. The predicted octanol–water partition coefficient (Wildman–Crippen LogP) is 3.23. The summed E-state index contributed by atoms with van der Waals surface area (Å²) in [6, 6.07) is 8.29. The maximum atomic E-state index is 13.7. The zero-order chi connectivity index (χ0) is 22.4. The molecule has 7 heteroatoms. The van der Waals surface area contributed by atoms with Crippen molar-refractivity contribution in [1.82, 2.24) is 19.4 Å². The SMILES string of the molecule is CC1CCc2c(sc3nc(CN(C)C)n(CC(=O)N4CCc5ccccc5C4)c(=O)c23)C1. The summed E-state index contributed by atoms with van der Waals surface area (Å²) >= 11 is 1.67. The third-order valence-corrected chi connectivity index (χ3v) is 7.88. The second-order valence-corrected chi connectivity index (χ2v) is 10.6. The predicted molar refractivity (Wildman–Crippen MR) is 128 cm³/mol. The number of carbonyl (C=O) groups excluding carboxylic acids is 1. The Labute approximate surface area is 192 Å². The third-order valence-electron chi connectivity index (χ3n) is 6.73. The van der Waals surface area contributed by atoms with Crippen LogP contribution in [0.2, 0.25) is 0 Å². The molecule has 0 saturated heterocycles. The van der Waals surface area contributed by atoms with Crippen LogP contribution in [0.3, 0.4) is 0 Å². The van der Waals surface area contributed by atoms with Crippen molar-refractivity contribution in [3.63, 3.8) is 0 Å². The van der Waals surface area contributed by atoms with E-state index in [1.54, 1.807) is 15.9 Å². The molecule has 0 fully saturated rings. The summed E-state index contributed by atoms with van der Waals surface area (Å²) in [7, 11) is 3.93. The molecule has 1 unspecified atom stereocenters. The molecule has 1 atom stereocenters. The number of hydrogen-bond donors (Lipinski definition) is 0. The molecular formula is C25H30N4O2S. The lowest BCUT2D eigenvalue weighted by Gasteiger charge is -2.29. The number of nitrogens with zero attached hydrogens (tertiary/aromatic N) is 4. The second kappa shape index (κ2) is 8.45. The van der Waals surface area contributed by atoms with Crippen LogP contribution in [0.5, 0.6) is 0 Å². The average Bonchev–Trinajstić information content (AvgIpc) is 3.12. The van der Waals surface area contributed by atoms with Gasteiger partial charge in [-0.2, -0.15) is 0 Å². The summed E-state index contributed by atoms with van der Waals surface area (Å²) in [5.74, 6) is 1.30. The minimum atomic E-state index is -0.0512. The fourth-order valence-electron chi connectivity index (χ4n) is 4.98. The van der Waals surface area contributed by atoms with Crippen molar-refractivity contribution in [3.05, 3.63) is 62.0 Å². The lowest BCUT2D eigenvalue weighted by molar-refractivity contribution is -0.132. The summed E-state index contributed by atoms with van der Waals surface area (Å²) in [5, 5.41) is 0.746. The van der Waals surface area contributed by atoms with Crippen LogP contribution in [-0.4, -0.2) is 45.9 Å². The molecule has 0 N–H and O–H groups in total. The third kappa shape index (κ3) is 3.88. The lowest BCUT2D eigenvalue weighted by atomic mass is 9.89. The van der Waals surface area contributed by atoms with Gasteiger partial charge in [0, 0.05) is 18.0 Å². The van der Waals surface area contributed by atoms with Crippen molar-refractivity contribution in [2.75, 3.05) is 20.6 Å². The average molecular weight is 451 g/mol. The van der Waals surface area contributed by atoms with E-state index in [0.29, 0.717) is 31.4 Å². The Hall–Kier alpha value is -2.51. The van der Waals surface area contributed by atoms with Gasteiger partial charge in [-0.3, -0.25) is 14.2 Å². The Balaban J connectivity index is 1.51. The van der Waals surface area contributed by atoms with E-state index in [0.717, 1.165) is 35.9 Å². The number of thiophene rings is 1. The van der Waals surface area contributed by atoms with Gasteiger partial charge in [-0.05, 0) is 62.4 Å². The van der Waals surface area contributed by atoms with E-state index in [-0.39, 0.29) is 18.0 Å². The highest BCUT2D eigenvalue weighted by Gasteiger charge is 2.27. The van der Waals surface area contributed by atoms with Gasteiger partial charge in [0.15, 0.2) is 0 Å². The summed E-state index contributed by atoms with van der Waals surface area (Å²) < 4.78 is 1.64. The summed E-state index contributed by atoms with van der Waals surface area (Å²) in [5.41, 5.74) is 3.63. The zero-order valence-electron chi connectivity index (χ0n) is 19.1. The van der Waals surface area contributed by atoms with Crippen molar-refractivity contribution in [2.45, 2.75) is 52.2 Å². The first-order chi connectivity index (χ1) is 15.4. The molecule has 0 bridgehead atoms. The molecule has 1 amide bonds. The fourth-order valence-corrected chi connectivity index (χ4v) is 6.37. The van der Waals surface area contributed by atoms with E-state index < -0.39 is 0 Å². The van der Waals surface area contributed by atoms with Crippen molar-refractivity contribution in [3.8, 4) is 0 Å². The first-order valence-electron chi connectivity index (χ1n) is 11.4. The molecule has 1 aliphatic carbocycles. The van der Waals surface area contributed by atoms with Crippen LogP contribution >= 0.6 is 11.3 Å². The number of carbonyl (C=O) groups is 1. The van der Waals surface area contributed by atoms with Crippen molar-refractivity contribution >= 4 is 27.5 Å². The van der Waals surface area contributed by atoms with Gasteiger partial charge in [-0.25, -0.2) is 4.98 Å². The Morgan fingerprint density at radius 2 is 2.00 bits per heavy atom. The standard InChI is InChI=1S/C25H30N4O2S/c1-16-8-9-19-20(12-16)32-24-23(19)25(31)29(21(26-24)14-27(2)3)15-22(30)28-11-10-17-6-4-5-7-18(17)13-28/h4-7,16H,8-15H2,1-3H3. The molecule has 3 aromatic rings. The number of aryl methyl sites for hydroxylation is 1. The van der Waals surface area contributed by atoms with E-state index in [1.807, 2.05) is 36.0 Å². The fraction of sp³-hybridized carbons (Fsp3) is 0.480. The highest BCUT2D eigenvalue weighted by Crippen LogP contribution is 2.36. The highest BCUT2D eigenvalue weighted by molar-refractivity contribution is 7.18. The molecule has 0 spiro atoms. The molecule has 32 heavy (non-hydrogen) atoms. The molecule has 2 aromatic heterocycles. The maximum Gasteiger partial charge on any atom is 0.263 e. The molecular weight excluding hydrogens is 420 g/mol. The van der Waals surface area contributed by atoms with Crippen molar-refractivity contribution < 1.29 is 4.79 Å². The van der Waals surface area contributed by atoms with Crippen LogP contribution in [-0.2, 0) is 43.7 Å². The quantitative estimate of drug-likeness (QED) is 0.612. The summed E-state index contributed by atoms with van der Waals surface area (Å²) in [6.07, 6.45) is 3.90. The molecule has 3 heterocycles. The van der Waals surface area contributed by atoms with E-state index in [2.05, 4.69) is 19.1 Å². The van der Waals surface area contributed by atoms with Crippen LogP contribution in [0.25, 0.3) is 10.2 Å². The van der Waals surface area contributed by atoms with Gasteiger partial charge in [-0.15, -0.1) is 11.3 Å². The van der Waals surface area contributed by atoms with E-state index in [1.165, 1.54) is 21.6 Å². The molecule has 5 rings (SSSR count). The Kier molecular flexibility index (Phi) is 5.63. The zero-order valence-corrected chi connectivity index (χ0v) is 19.9. The van der Waals surface area contributed by atoms with Gasteiger partial charge >= 0.3 is 0 Å². The van der Waals surface area contributed by atoms with Gasteiger partial charge in [0.25, 0.3) is 5.56 Å². The van der Waals surface area contributed by atoms with Crippen LogP contribution in [0, 0.1) is 5.92 Å². The van der Waals surface area contributed by atoms with Crippen LogP contribution < -0.4 is 5.56 Å². The Morgan fingerprint density at radius 3 is 2.78 bits per heavy atom. The molecule has 1 aliphatic heterocycles. The normalized spacial score (nSPS) is 18.1. The first kappa shape index (κ1) is 21.3.